The number of benzene rings is 2. The van der Waals surface area contributed by atoms with Gasteiger partial charge in [-0.25, -0.2) is 8.78 Å². The molecule has 2 nitrogen and oxygen atoms in total. The highest BCUT2D eigenvalue weighted by atomic mass is 79.9. The summed E-state index contributed by atoms with van der Waals surface area (Å²) in [5.74, 6) is -0.485. The molecule has 20 heavy (non-hydrogen) atoms. The molecule has 1 unspecified atom stereocenters. The Morgan fingerprint density at radius 2 is 1.80 bits per heavy atom. The highest BCUT2D eigenvalue weighted by Crippen LogP contribution is 2.32. The second-order valence-electron chi connectivity index (χ2n) is 4.49. The maximum absolute atomic E-state index is 14.0. The van der Waals surface area contributed by atoms with Gasteiger partial charge < -0.3 is 10.5 Å². The molecule has 0 spiro atoms. The standard InChI is InChI=1S/C15H14BrF2NO/c1-8-5-13(18)11(7-12(8)17)15(19)10-4-3-9(16)6-14(10)20-2/h3-7,15H,19H2,1-2H3. The molecule has 0 amide bonds. The Hall–Kier alpha value is -1.46. The topological polar surface area (TPSA) is 35.2 Å². The third kappa shape index (κ3) is 2.83. The van der Waals surface area contributed by atoms with Crippen LogP contribution in [-0.4, -0.2) is 7.11 Å². The van der Waals surface area contributed by atoms with Gasteiger partial charge in [0.15, 0.2) is 0 Å². The van der Waals surface area contributed by atoms with Crippen LogP contribution in [0.4, 0.5) is 8.78 Å². The molecule has 0 heterocycles. The molecule has 0 saturated heterocycles. The summed E-state index contributed by atoms with van der Waals surface area (Å²) < 4.78 is 33.7. The number of rotatable bonds is 3. The molecule has 0 fully saturated rings. The van der Waals surface area contributed by atoms with Crippen LogP contribution in [0.2, 0.25) is 0 Å². The van der Waals surface area contributed by atoms with Gasteiger partial charge in [0.1, 0.15) is 17.4 Å². The van der Waals surface area contributed by atoms with Crippen molar-refractivity contribution in [3.05, 3.63) is 63.1 Å². The van der Waals surface area contributed by atoms with Crippen molar-refractivity contribution in [3.63, 3.8) is 0 Å². The smallest absolute Gasteiger partial charge is 0.128 e. The molecule has 0 aromatic heterocycles. The van der Waals surface area contributed by atoms with Gasteiger partial charge in [0, 0.05) is 15.6 Å². The highest BCUT2D eigenvalue weighted by molar-refractivity contribution is 9.10. The van der Waals surface area contributed by atoms with Crippen LogP contribution in [0, 0.1) is 18.6 Å². The monoisotopic (exact) mass is 341 g/mol. The molecule has 0 radical (unpaired) electrons. The zero-order chi connectivity index (χ0) is 14.9. The number of ether oxygens (including phenoxy) is 1. The van der Waals surface area contributed by atoms with Crippen LogP contribution in [-0.2, 0) is 0 Å². The summed E-state index contributed by atoms with van der Waals surface area (Å²) in [5, 5.41) is 0. The van der Waals surface area contributed by atoms with Crippen LogP contribution in [0.5, 0.6) is 5.75 Å². The Balaban J connectivity index is 2.51. The van der Waals surface area contributed by atoms with Gasteiger partial charge in [-0.15, -0.1) is 0 Å². The molecule has 0 saturated carbocycles. The highest BCUT2D eigenvalue weighted by Gasteiger charge is 2.19. The fourth-order valence-electron chi connectivity index (χ4n) is 2.01. The third-order valence-electron chi connectivity index (χ3n) is 3.14. The van der Waals surface area contributed by atoms with Gasteiger partial charge in [0.2, 0.25) is 0 Å². The minimum atomic E-state index is -0.798. The lowest BCUT2D eigenvalue weighted by molar-refractivity contribution is 0.407. The number of halogens is 3. The molecule has 0 bridgehead atoms. The van der Waals surface area contributed by atoms with E-state index in [9.17, 15) is 8.78 Å². The van der Waals surface area contributed by atoms with E-state index in [2.05, 4.69) is 15.9 Å². The Bertz CT molecular complexity index is 646. The Labute approximate surface area is 124 Å². The van der Waals surface area contributed by atoms with Crippen molar-refractivity contribution in [2.75, 3.05) is 7.11 Å². The number of hydrogen-bond acceptors (Lipinski definition) is 2. The normalized spacial score (nSPS) is 12.3. The molecule has 5 heteroatoms. The summed E-state index contributed by atoms with van der Waals surface area (Å²) >= 11 is 3.32. The van der Waals surface area contributed by atoms with E-state index in [0.717, 1.165) is 16.6 Å². The van der Waals surface area contributed by atoms with Crippen LogP contribution < -0.4 is 10.5 Å². The van der Waals surface area contributed by atoms with Crippen molar-refractivity contribution >= 4 is 15.9 Å². The second kappa shape index (κ2) is 5.89. The number of nitrogens with two attached hydrogens (primary N) is 1. The van der Waals surface area contributed by atoms with Crippen molar-refractivity contribution in [2.45, 2.75) is 13.0 Å². The van der Waals surface area contributed by atoms with Gasteiger partial charge in [0.05, 0.1) is 13.2 Å². The van der Waals surface area contributed by atoms with E-state index < -0.39 is 17.7 Å². The van der Waals surface area contributed by atoms with Gasteiger partial charge in [-0.1, -0.05) is 22.0 Å². The molecular weight excluding hydrogens is 328 g/mol. The first-order valence-corrected chi connectivity index (χ1v) is 6.78. The largest absolute Gasteiger partial charge is 0.496 e. The van der Waals surface area contributed by atoms with Crippen LogP contribution in [0.15, 0.2) is 34.8 Å². The molecule has 0 aliphatic rings. The zero-order valence-corrected chi connectivity index (χ0v) is 12.7. The second-order valence-corrected chi connectivity index (χ2v) is 5.40. The maximum Gasteiger partial charge on any atom is 0.128 e. The summed E-state index contributed by atoms with van der Waals surface area (Å²) in [7, 11) is 1.50. The molecule has 2 rings (SSSR count). The average Bonchev–Trinajstić information content (AvgIpc) is 2.42. The summed E-state index contributed by atoms with van der Waals surface area (Å²) in [6, 6.07) is 6.73. The summed E-state index contributed by atoms with van der Waals surface area (Å²) in [6.07, 6.45) is 0. The zero-order valence-electron chi connectivity index (χ0n) is 11.1. The molecule has 2 aromatic rings. The Morgan fingerprint density at radius 1 is 1.10 bits per heavy atom. The van der Waals surface area contributed by atoms with E-state index in [1.54, 1.807) is 18.2 Å². The molecule has 2 N–H and O–H groups in total. The van der Waals surface area contributed by atoms with Crippen LogP contribution in [0.25, 0.3) is 0 Å². The van der Waals surface area contributed by atoms with Gasteiger partial charge in [-0.05, 0) is 36.8 Å². The summed E-state index contributed by atoms with van der Waals surface area (Å²) in [6.45, 7) is 1.51. The number of methoxy groups -OCH3 is 1. The van der Waals surface area contributed by atoms with E-state index >= 15 is 0 Å². The van der Waals surface area contributed by atoms with Crippen LogP contribution >= 0.6 is 15.9 Å². The van der Waals surface area contributed by atoms with E-state index in [4.69, 9.17) is 10.5 Å². The third-order valence-corrected chi connectivity index (χ3v) is 3.64. The van der Waals surface area contributed by atoms with E-state index in [1.807, 2.05) is 0 Å². The Morgan fingerprint density at radius 3 is 2.45 bits per heavy atom. The van der Waals surface area contributed by atoms with Crippen molar-refractivity contribution < 1.29 is 13.5 Å². The lowest BCUT2D eigenvalue weighted by Crippen LogP contribution is -2.15. The van der Waals surface area contributed by atoms with Crippen molar-refractivity contribution in [1.29, 1.82) is 0 Å². The summed E-state index contributed by atoms with van der Waals surface area (Å²) in [5.41, 5.74) is 7.01. The fourth-order valence-corrected chi connectivity index (χ4v) is 2.35. The molecule has 1 atom stereocenters. The first kappa shape index (κ1) is 14.9. The predicted octanol–water partition coefficient (Wildman–Crippen LogP) is 4.09. The van der Waals surface area contributed by atoms with E-state index in [0.29, 0.717) is 11.3 Å². The van der Waals surface area contributed by atoms with Crippen molar-refractivity contribution in [1.82, 2.24) is 0 Å². The Kier molecular flexibility index (Phi) is 4.40. The summed E-state index contributed by atoms with van der Waals surface area (Å²) in [4.78, 5) is 0. The first-order chi connectivity index (χ1) is 9.43. The van der Waals surface area contributed by atoms with Gasteiger partial charge >= 0.3 is 0 Å². The van der Waals surface area contributed by atoms with Gasteiger partial charge in [-0.2, -0.15) is 0 Å². The maximum atomic E-state index is 14.0. The molecular formula is C15H14BrF2NO. The predicted molar refractivity (Wildman–Crippen MR) is 77.8 cm³/mol. The average molecular weight is 342 g/mol. The van der Waals surface area contributed by atoms with Gasteiger partial charge in [-0.3, -0.25) is 0 Å². The molecule has 2 aromatic carbocycles. The lowest BCUT2D eigenvalue weighted by Gasteiger charge is -2.17. The molecule has 106 valence electrons. The van der Waals surface area contributed by atoms with Crippen molar-refractivity contribution in [2.24, 2.45) is 5.73 Å². The molecule has 0 aliphatic carbocycles. The molecule has 0 aliphatic heterocycles. The fraction of sp³-hybridized carbons (Fsp3) is 0.200. The lowest BCUT2D eigenvalue weighted by atomic mass is 9.97. The van der Waals surface area contributed by atoms with Crippen LogP contribution in [0.3, 0.4) is 0 Å². The number of hydrogen-bond donors (Lipinski definition) is 1. The SMILES string of the molecule is COc1cc(Br)ccc1C(N)c1cc(F)c(C)cc1F. The van der Waals surface area contributed by atoms with E-state index in [1.165, 1.54) is 14.0 Å². The minimum Gasteiger partial charge on any atom is -0.496 e. The first-order valence-electron chi connectivity index (χ1n) is 5.98. The van der Waals surface area contributed by atoms with Crippen molar-refractivity contribution in [3.8, 4) is 5.75 Å². The van der Waals surface area contributed by atoms with Gasteiger partial charge in [0.25, 0.3) is 0 Å². The number of aryl methyl sites for hydroxylation is 1. The minimum absolute atomic E-state index is 0.105. The van der Waals surface area contributed by atoms with E-state index in [-0.39, 0.29) is 11.1 Å². The van der Waals surface area contributed by atoms with Crippen LogP contribution in [0.1, 0.15) is 22.7 Å². The quantitative estimate of drug-likeness (QED) is 0.912.